The molecule has 0 bridgehead atoms. The lowest BCUT2D eigenvalue weighted by atomic mass is 10.1. The third-order valence-corrected chi connectivity index (χ3v) is 5.47. The van der Waals surface area contributed by atoms with Gasteiger partial charge in [0.25, 0.3) is 11.5 Å². The van der Waals surface area contributed by atoms with Crippen LogP contribution in [0.15, 0.2) is 52.1 Å². The lowest BCUT2D eigenvalue weighted by Crippen LogP contribution is -2.48. The van der Waals surface area contributed by atoms with Crippen LogP contribution in [0.5, 0.6) is 0 Å². The van der Waals surface area contributed by atoms with Crippen LogP contribution < -0.4 is 11.2 Å². The molecule has 1 amide bonds. The molecule has 0 saturated carbocycles. The molecule has 0 unspecified atom stereocenters. The average molecular weight is 434 g/mol. The standard InChI is InChI=1S/C24H26N4O4/c1-16-4-6-19(7-5-16)15-27-23(30)21(22(29)26-8-10-32-11-9-26)25-28(24(27)31)20-13-17(2)12-18(3)14-20/h4-7,12-14H,8-11,15H2,1-3H3. The first-order valence-electron chi connectivity index (χ1n) is 10.6. The lowest BCUT2D eigenvalue weighted by Gasteiger charge is -2.26. The van der Waals surface area contributed by atoms with E-state index in [1.165, 1.54) is 0 Å². The maximum Gasteiger partial charge on any atom is 0.352 e. The molecule has 32 heavy (non-hydrogen) atoms. The van der Waals surface area contributed by atoms with Gasteiger partial charge in [0.1, 0.15) is 0 Å². The molecule has 8 heteroatoms. The summed E-state index contributed by atoms with van der Waals surface area (Å²) in [5.74, 6) is -0.492. The number of aromatic nitrogens is 3. The van der Waals surface area contributed by atoms with Gasteiger partial charge in [-0.2, -0.15) is 9.78 Å². The van der Waals surface area contributed by atoms with Crippen LogP contribution in [0.2, 0.25) is 0 Å². The van der Waals surface area contributed by atoms with Crippen LogP contribution in [-0.2, 0) is 11.3 Å². The summed E-state index contributed by atoms with van der Waals surface area (Å²) in [4.78, 5) is 41.3. The molecule has 1 saturated heterocycles. The van der Waals surface area contributed by atoms with Crippen molar-refractivity contribution in [1.82, 2.24) is 19.2 Å². The van der Waals surface area contributed by atoms with Gasteiger partial charge in [-0.3, -0.25) is 14.2 Å². The molecule has 0 spiro atoms. The van der Waals surface area contributed by atoms with Crippen LogP contribution in [-0.4, -0.2) is 51.5 Å². The van der Waals surface area contributed by atoms with E-state index in [1.807, 2.05) is 63.2 Å². The first kappa shape index (κ1) is 21.7. The number of nitrogens with zero attached hydrogens (tertiary/aromatic N) is 4. The molecular weight excluding hydrogens is 408 g/mol. The predicted octanol–water partition coefficient (Wildman–Crippen LogP) is 1.84. The zero-order chi connectivity index (χ0) is 22.8. The molecule has 3 aromatic rings. The Morgan fingerprint density at radius 2 is 1.56 bits per heavy atom. The third-order valence-electron chi connectivity index (χ3n) is 5.47. The van der Waals surface area contributed by atoms with Crippen LogP contribution in [0.3, 0.4) is 0 Å². The normalized spacial score (nSPS) is 13.9. The highest BCUT2D eigenvalue weighted by atomic mass is 16.5. The first-order valence-corrected chi connectivity index (χ1v) is 10.6. The molecule has 8 nitrogen and oxygen atoms in total. The molecule has 166 valence electrons. The van der Waals surface area contributed by atoms with E-state index in [1.54, 1.807) is 4.90 Å². The molecular formula is C24H26N4O4. The predicted molar refractivity (Wildman–Crippen MR) is 121 cm³/mol. The van der Waals surface area contributed by atoms with E-state index in [0.29, 0.717) is 32.0 Å². The van der Waals surface area contributed by atoms with E-state index in [2.05, 4.69) is 5.10 Å². The fraction of sp³-hybridized carbons (Fsp3) is 0.333. The molecule has 0 atom stereocenters. The van der Waals surface area contributed by atoms with Crippen molar-refractivity contribution in [3.05, 3.63) is 91.3 Å². The zero-order valence-corrected chi connectivity index (χ0v) is 18.5. The fourth-order valence-electron chi connectivity index (χ4n) is 3.82. The molecule has 0 N–H and O–H groups in total. The smallest absolute Gasteiger partial charge is 0.352 e. The fourth-order valence-corrected chi connectivity index (χ4v) is 3.82. The van der Waals surface area contributed by atoms with Gasteiger partial charge in [-0.15, -0.1) is 0 Å². The molecule has 1 fully saturated rings. The SMILES string of the molecule is Cc1ccc(Cn2c(=O)c(C(=O)N3CCOCC3)nn(-c3cc(C)cc(C)c3)c2=O)cc1. The maximum absolute atomic E-state index is 13.4. The number of aryl methyl sites for hydroxylation is 3. The number of morpholine rings is 1. The zero-order valence-electron chi connectivity index (χ0n) is 18.5. The second-order valence-electron chi connectivity index (χ2n) is 8.17. The van der Waals surface area contributed by atoms with Gasteiger partial charge in [0.2, 0.25) is 5.69 Å². The number of carbonyl (C=O) groups excluding carboxylic acids is 1. The Morgan fingerprint density at radius 1 is 0.938 bits per heavy atom. The molecule has 1 aromatic heterocycles. The van der Waals surface area contributed by atoms with Gasteiger partial charge < -0.3 is 9.64 Å². The van der Waals surface area contributed by atoms with Gasteiger partial charge in [0, 0.05) is 13.1 Å². The molecule has 1 aliphatic heterocycles. The van der Waals surface area contributed by atoms with Gasteiger partial charge >= 0.3 is 5.69 Å². The number of hydrogen-bond donors (Lipinski definition) is 0. The number of hydrogen-bond acceptors (Lipinski definition) is 5. The largest absolute Gasteiger partial charge is 0.378 e. The molecule has 1 aliphatic rings. The Kier molecular flexibility index (Phi) is 6.05. The monoisotopic (exact) mass is 434 g/mol. The molecule has 2 heterocycles. The van der Waals surface area contributed by atoms with Crippen LogP contribution in [0, 0.1) is 20.8 Å². The first-order chi connectivity index (χ1) is 15.3. The van der Waals surface area contributed by atoms with E-state index >= 15 is 0 Å². The summed E-state index contributed by atoms with van der Waals surface area (Å²) in [6.45, 7) is 7.41. The Balaban J connectivity index is 1.89. The summed E-state index contributed by atoms with van der Waals surface area (Å²) in [6, 6.07) is 13.2. The molecule has 2 aromatic carbocycles. The third kappa shape index (κ3) is 4.40. The number of amides is 1. The van der Waals surface area contributed by atoms with Crippen molar-refractivity contribution in [3.63, 3.8) is 0 Å². The van der Waals surface area contributed by atoms with Gasteiger partial charge in [-0.25, -0.2) is 4.79 Å². The summed E-state index contributed by atoms with van der Waals surface area (Å²) >= 11 is 0. The molecule has 0 radical (unpaired) electrons. The van der Waals surface area contributed by atoms with E-state index in [4.69, 9.17) is 4.74 Å². The minimum absolute atomic E-state index is 0.0503. The molecule has 0 aliphatic carbocycles. The minimum atomic E-state index is -0.687. The highest BCUT2D eigenvalue weighted by Crippen LogP contribution is 2.12. The summed E-state index contributed by atoms with van der Waals surface area (Å²) in [7, 11) is 0. The Labute approximate surface area is 185 Å². The molecule has 4 rings (SSSR count). The van der Waals surface area contributed by atoms with Crippen molar-refractivity contribution in [3.8, 4) is 5.69 Å². The quantitative estimate of drug-likeness (QED) is 0.626. The van der Waals surface area contributed by atoms with Crippen LogP contribution in [0.4, 0.5) is 0 Å². The second kappa shape index (κ2) is 8.92. The highest BCUT2D eigenvalue weighted by Gasteiger charge is 2.26. The van der Waals surface area contributed by atoms with Crippen molar-refractivity contribution in [2.75, 3.05) is 26.3 Å². The summed E-state index contributed by atoms with van der Waals surface area (Å²) in [5, 5.41) is 4.25. The number of carbonyl (C=O) groups is 1. The summed E-state index contributed by atoms with van der Waals surface area (Å²) in [6.07, 6.45) is 0. The highest BCUT2D eigenvalue weighted by molar-refractivity contribution is 5.91. The average Bonchev–Trinajstić information content (AvgIpc) is 2.77. The van der Waals surface area contributed by atoms with E-state index in [9.17, 15) is 14.4 Å². The Morgan fingerprint density at radius 3 is 2.19 bits per heavy atom. The van der Waals surface area contributed by atoms with Crippen molar-refractivity contribution >= 4 is 5.91 Å². The van der Waals surface area contributed by atoms with Crippen LogP contribution in [0.1, 0.15) is 32.7 Å². The topological polar surface area (TPSA) is 86.4 Å². The Bertz CT molecular complexity index is 1250. The van der Waals surface area contributed by atoms with Crippen LogP contribution in [0.25, 0.3) is 5.69 Å². The van der Waals surface area contributed by atoms with Crippen LogP contribution >= 0.6 is 0 Å². The Hall–Kier alpha value is -3.52. The van der Waals surface area contributed by atoms with Gasteiger partial charge in [0.15, 0.2) is 0 Å². The van der Waals surface area contributed by atoms with Gasteiger partial charge in [0.05, 0.1) is 25.4 Å². The summed E-state index contributed by atoms with van der Waals surface area (Å²) < 4.78 is 7.56. The van der Waals surface area contributed by atoms with Crippen molar-refractivity contribution in [2.24, 2.45) is 0 Å². The van der Waals surface area contributed by atoms with Crippen molar-refractivity contribution < 1.29 is 9.53 Å². The number of benzene rings is 2. The summed E-state index contributed by atoms with van der Waals surface area (Å²) in [5.41, 5.74) is 2.74. The van der Waals surface area contributed by atoms with E-state index in [-0.39, 0.29) is 12.2 Å². The number of rotatable bonds is 4. The van der Waals surface area contributed by atoms with E-state index < -0.39 is 17.2 Å². The number of ether oxygens (including phenoxy) is 1. The van der Waals surface area contributed by atoms with E-state index in [0.717, 1.165) is 31.5 Å². The maximum atomic E-state index is 13.4. The van der Waals surface area contributed by atoms with Crippen molar-refractivity contribution in [2.45, 2.75) is 27.3 Å². The van der Waals surface area contributed by atoms with Gasteiger partial charge in [-0.05, 0) is 49.6 Å². The second-order valence-corrected chi connectivity index (χ2v) is 8.17. The van der Waals surface area contributed by atoms with Crippen molar-refractivity contribution in [1.29, 1.82) is 0 Å². The van der Waals surface area contributed by atoms with Gasteiger partial charge in [-0.1, -0.05) is 35.9 Å². The minimum Gasteiger partial charge on any atom is -0.378 e. The lowest BCUT2D eigenvalue weighted by molar-refractivity contribution is 0.0295.